The minimum Gasteiger partial charge on any atom is -0.450 e. The quantitative estimate of drug-likeness (QED) is 0.901. The fraction of sp³-hybridized carbons (Fsp3) is 0.588. The number of hydrogen-bond donors (Lipinski definition) is 1. The highest BCUT2D eigenvalue weighted by Crippen LogP contribution is 2.52. The summed E-state index contributed by atoms with van der Waals surface area (Å²) in [5.74, 6) is 0.127. The fourth-order valence-corrected chi connectivity index (χ4v) is 5.46. The van der Waals surface area contributed by atoms with Gasteiger partial charge < -0.3 is 10.1 Å². The second-order valence-corrected chi connectivity index (χ2v) is 8.98. The van der Waals surface area contributed by atoms with E-state index in [1.807, 2.05) is 19.1 Å². The van der Waals surface area contributed by atoms with Crippen LogP contribution in [0, 0.1) is 18.3 Å². The molecule has 0 spiro atoms. The zero-order valence-electron chi connectivity index (χ0n) is 14.3. The van der Waals surface area contributed by atoms with E-state index in [-0.39, 0.29) is 17.4 Å². The zero-order valence-corrected chi connectivity index (χ0v) is 15.1. The number of amides is 1. The van der Waals surface area contributed by atoms with Crippen LogP contribution in [0.3, 0.4) is 0 Å². The molecule has 1 heterocycles. The fourth-order valence-electron chi connectivity index (χ4n) is 3.86. The van der Waals surface area contributed by atoms with Gasteiger partial charge in [0.15, 0.2) is 0 Å². The number of benzene rings is 1. The molecule has 1 aromatic rings. The summed E-state index contributed by atoms with van der Waals surface area (Å²) >= 11 is 0. The lowest BCUT2D eigenvalue weighted by molar-refractivity contribution is 0.0473. The number of alkyl carbamates (subject to hydrolysis) is 1. The molecule has 2 fully saturated rings. The lowest BCUT2D eigenvalue weighted by Crippen LogP contribution is -2.57. The predicted molar refractivity (Wildman–Crippen MR) is 90.1 cm³/mol. The molecule has 0 radical (unpaired) electrons. The second-order valence-electron chi connectivity index (χ2n) is 7.05. The summed E-state index contributed by atoms with van der Waals surface area (Å²) < 4.78 is 32.2. The zero-order chi connectivity index (χ0) is 17.5. The number of nitrogens with one attached hydrogen (secondary N) is 1. The Morgan fingerprint density at radius 2 is 2.04 bits per heavy atom. The molecule has 7 heteroatoms. The smallest absolute Gasteiger partial charge is 0.407 e. The molecule has 1 aliphatic carbocycles. The monoisotopic (exact) mass is 352 g/mol. The normalized spacial score (nSPS) is 29.6. The van der Waals surface area contributed by atoms with E-state index in [1.165, 1.54) is 0 Å². The van der Waals surface area contributed by atoms with Gasteiger partial charge in [0.05, 0.1) is 11.5 Å². The molecule has 132 valence electrons. The van der Waals surface area contributed by atoms with Crippen molar-refractivity contribution in [2.75, 3.05) is 19.7 Å². The van der Waals surface area contributed by atoms with E-state index in [0.717, 1.165) is 12.0 Å². The number of hydrogen-bond acceptors (Lipinski definition) is 4. The molecule has 3 atom stereocenters. The first-order valence-electron chi connectivity index (χ1n) is 8.26. The summed E-state index contributed by atoms with van der Waals surface area (Å²) in [6, 6.07) is 6.91. The lowest BCUT2D eigenvalue weighted by atomic mass is 9.60. The predicted octanol–water partition coefficient (Wildman–Crippen LogP) is 2.14. The topological polar surface area (TPSA) is 75.7 Å². The average Bonchev–Trinajstić information content (AvgIpc) is 2.78. The molecule has 1 saturated carbocycles. The molecule has 0 unspecified atom stereocenters. The maximum atomic E-state index is 12.9. The molecular formula is C17H24N2O4S. The molecule has 3 rings (SSSR count). The highest BCUT2D eigenvalue weighted by molar-refractivity contribution is 7.89. The summed E-state index contributed by atoms with van der Waals surface area (Å²) in [5.41, 5.74) is 0.947. The van der Waals surface area contributed by atoms with Gasteiger partial charge in [-0.3, -0.25) is 0 Å². The number of rotatable bonds is 4. The minimum absolute atomic E-state index is 0.0210. The van der Waals surface area contributed by atoms with Crippen LogP contribution in [0.5, 0.6) is 0 Å². The van der Waals surface area contributed by atoms with Crippen molar-refractivity contribution in [3.05, 3.63) is 29.8 Å². The van der Waals surface area contributed by atoms with E-state index in [4.69, 9.17) is 4.74 Å². The van der Waals surface area contributed by atoms with Gasteiger partial charge in [-0.25, -0.2) is 13.2 Å². The van der Waals surface area contributed by atoms with Crippen LogP contribution in [0.25, 0.3) is 0 Å². The Hall–Kier alpha value is -1.60. The van der Waals surface area contributed by atoms with Crippen LogP contribution in [0.2, 0.25) is 0 Å². The molecule has 0 aromatic heterocycles. The molecule has 1 amide bonds. The third kappa shape index (κ3) is 2.91. The van der Waals surface area contributed by atoms with Crippen LogP contribution in [0.4, 0.5) is 4.79 Å². The first-order valence-corrected chi connectivity index (χ1v) is 9.70. The van der Waals surface area contributed by atoms with Gasteiger partial charge >= 0.3 is 6.09 Å². The van der Waals surface area contributed by atoms with Crippen molar-refractivity contribution in [3.63, 3.8) is 0 Å². The Kier molecular flexibility index (Phi) is 4.34. The van der Waals surface area contributed by atoms with Crippen molar-refractivity contribution in [2.45, 2.75) is 38.1 Å². The Morgan fingerprint density at radius 1 is 1.38 bits per heavy atom. The maximum Gasteiger partial charge on any atom is 0.407 e. The second kappa shape index (κ2) is 6.04. The molecule has 1 N–H and O–H groups in total. The Labute approximate surface area is 143 Å². The van der Waals surface area contributed by atoms with Gasteiger partial charge in [0, 0.05) is 19.1 Å². The Morgan fingerprint density at radius 3 is 2.67 bits per heavy atom. The number of aryl methyl sites for hydroxylation is 1. The van der Waals surface area contributed by atoms with Crippen LogP contribution >= 0.6 is 0 Å². The highest BCUT2D eigenvalue weighted by atomic mass is 32.2. The first kappa shape index (κ1) is 17.2. The standard InChI is InChI=1S/C17H24N2O4S/c1-4-23-16(20)18-15-9-17(3)11-19(10-14(15)17)24(21,22)13-7-5-12(2)6-8-13/h5-8,14-15H,4,9-11H2,1-3H3,(H,18,20)/t14-,15-,17-/m0/s1. The maximum absolute atomic E-state index is 12.9. The number of fused-ring (bicyclic) bond motifs is 1. The van der Waals surface area contributed by atoms with E-state index in [0.29, 0.717) is 24.6 Å². The van der Waals surface area contributed by atoms with E-state index in [2.05, 4.69) is 12.2 Å². The SMILES string of the molecule is CCOC(=O)N[C@H]1C[C@@]2(C)CN(S(=O)(=O)c3ccc(C)cc3)C[C@@H]12. The number of carbonyl (C=O) groups excluding carboxylic acids is 1. The van der Waals surface area contributed by atoms with Gasteiger partial charge in [-0.1, -0.05) is 24.6 Å². The molecule has 6 nitrogen and oxygen atoms in total. The molecule has 1 aliphatic heterocycles. The number of carbonyl (C=O) groups is 1. The molecule has 1 saturated heterocycles. The van der Waals surface area contributed by atoms with Crippen LogP contribution < -0.4 is 5.32 Å². The third-order valence-electron chi connectivity index (χ3n) is 5.24. The van der Waals surface area contributed by atoms with Crippen LogP contribution in [-0.2, 0) is 14.8 Å². The Bertz CT molecular complexity index is 731. The van der Waals surface area contributed by atoms with E-state index in [1.54, 1.807) is 23.4 Å². The van der Waals surface area contributed by atoms with Crippen molar-refractivity contribution in [2.24, 2.45) is 11.3 Å². The molecular weight excluding hydrogens is 328 g/mol. The largest absolute Gasteiger partial charge is 0.450 e. The van der Waals surface area contributed by atoms with E-state index in [9.17, 15) is 13.2 Å². The summed E-state index contributed by atoms with van der Waals surface area (Å²) in [6.07, 6.45) is 0.348. The number of sulfonamides is 1. The van der Waals surface area contributed by atoms with E-state index >= 15 is 0 Å². The lowest BCUT2D eigenvalue weighted by Gasteiger charge is -2.48. The van der Waals surface area contributed by atoms with Crippen molar-refractivity contribution >= 4 is 16.1 Å². The van der Waals surface area contributed by atoms with Crippen LogP contribution in [0.1, 0.15) is 25.8 Å². The number of ether oxygens (including phenoxy) is 1. The summed E-state index contributed by atoms with van der Waals surface area (Å²) in [5, 5.41) is 2.85. The molecule has 24 heavy (non-hydrogen) atoms. The van der Waals surface area contributed by atoms with Gasteiger partial charge in [-0.05, 0) is 43.7 Å². The van der Waals surface area contributed by atoms with Crippen molar-refractivity contribution in [3.8, 4) is 0 Å². The highest BCUT2D eigenvalue weighted by Gasteiger charge is 2.58. The average molecular weight is 352 g/mol. The van der Waals surface area contributed by atoms with Crippen molar-refractivity contribution < 1.29 is 17.9 Å². The summed E-state index contributed by atoms with van der Waals surface area (Å²) in [7, 11) is -3.49. The summed E-state index contributed by atoms with van der Waals surface area (Å²) in [6.45, 7) is 7.04. The van der Waals surface area contributed by atoms with Crippen LogP contribution in [-0.4, -0.2) is 44.6 Å². The van der Waals surface area contributed by atoms with Gasteiger partial charge in [0.25, 0.3) is 0 Å². The minimum atomic E-state index is -3.49. The van der Waals surface area contributed by atoms with Gasteiger partial charge in [0.1, 0.15) is 0 Å². The molecule has 0 bridgehead atoms. The van der Waals surface area contributed by atoms with Gasteiger partial charge in [0.2, 0.25) is 10.0 Å². The first-order chi connectivity index (χ1) is 11.3. The van der Waals surface area contributed by atoms with E-state index < -0.39 is 16.1 Å². The van der Waals surface area contributed by atoms with Crippen molar-refractivity contribution in [1.29, 1.82) is 0 Å². The van der Waals surface area contributed by atoms with Gasteiger partial charge in [-0.15, -0.1) is 0 Å². The van der Waals surface area contributed by atoms with Crippen LogP contribution in [0.15, 0.2) is 29.2 Å². The number of nitrogens with zero attached hydrogens (tertiary/aromatic N) is 1. The summed E-state index contributed by atoms with van der Waals surface area (Å²) in [4.78, 5) is 11.9. The third-order valence-corrected chi connectivity index (χ3v) is 7.07. The Balaban J connectivity index is 1.72. The molecule has 1 aromatic carbocycles. The van der Waals surface area contributed by atoms with Gasteiger partial charge in [-0.2, -0.15) is 4.31 Å². The van der Waals surface area contributed by atoms with Crippen molar-refractivity contribution in [1.82, 2.24) is 9.62 Å². The molecule has 2 aliphatic rings.